The molecule has 0 unspecified atom stereocenters. The first-order chi connectivity index (χ1) is 10.7. The van der Waals surface area contributed by atoms with Crippen LogP contribution in [0.2, 0.25) is 0 Å². The highest BCUT2D eigenvalue weighted by molar-refractivity contribution is 5.92. The summed E-state index contributed by atoms with van der Waals surface area (Å²) in [6.07, 6.45) is 0.761. The third kappa shape index (κ3) is 1.65. The Hall–Kier alpha value is -2.82. The molecule has 5 heteroatoms. The summed E-state index contributed by atoms with van der Waals surface area (Å²) < 4.78 is 6.31. The number of hydrogen-bond acceptors (Lipinski definition) is 3. The van der Waals surface area contributed by atoms with Gasteiger partial charge in [0.25, 0.3) is 5.56 Å². The normalized spacial score (nSPS) is 12.8. The van der Waals surface area contributed by atoms with Gasteiger partial charge in [-0.2, -0.15) is 0 Å². The average molecular weight is 294 g/mol. The van der Waals surface area contributed by atoms with Crippen LogP contribution in [0.3, 0.4) is 0 Å². The van der Waals surface area contributed by atoms with E-state index in [1.54, 1.807) is 16.7 Å². The van der Waals surface area contributed by atoms with Gasteiger partial charge in [0, 0.05) is 17.4 Å². The number of hydrogen-bond donors (Lipinski definition) is 1. The summed E-state index contributed by atoms with van der Waals surface area (Å²) in [6, 6.07) is 11.5. The predicted octanol–water partition coefficient (Wildman–Crippen LogP) is 2.34. The van der Waals surface area contributed by atoms with Gasteiger partial charge in [-0.3, -0.25) is 4.79 Å². The van der Waals surface area contributed by atoms with E-state index in [1.807, 2.05) is 18.2 Å². The number of fused-ring (bicyclic) bond motifs is 5. The molecule has 22 heavy (non-hydrogen) atoms. The third-order valence-corrected chi connectivity index (χ3v) is 4.23. The van der Waals surface area contributed by atoms with E-state index < -0.39 is 5.97 Å². The maximum atomic E-state index is 12.5. The SMILES string of the molecule is COC(=O)c1ccc2n(c1=O)CCc1c-2[nH]c2ccccc12. The number of nitrogens with zero attached hydrogens (tertiary/aromatic N) is 1. The topological polar surface area (TPSA) is 64.1 Å². The van der Waals surface area contributed by atoms with Crippen LogP contribution >= 0.6 is 0 Å². The fraction of sp³-hybridized carbons (Fsp3) is 0.176. The van der Waals surface area contributed by atoms with E-state index in [1.165, 1.54) is 18.1 Å². The van der Waals surface area contributed by atoms with Gasteiger partial charge in [0.1, 0.15) is 5.56 Å². The van der Waals surface area contributed by atoms with Crippen molar-refractivity contribution in [2.45, 2.75) is 13.0 Å². The van der Waals surface area contributed by atoms with Crippen LogP contribution in [-0.4, -0.2) is 22.6 Å². The number of ether oxygens (including phenoxy) is 1. The van der Waals surface area contributed by atoms with Gasteiger partial charge < -0.3 is 14.3 Å². The van der Waals surface area contributed by atoms with Crippen molar-refractivity contribution in [3.8, 4) is 11.4 Å². The quantitative estimate of drug-likeness (QED) is 0.701. The van der Waals surface area contributed by atoms with Crippen molar-refractivity contribution >= 4 is 16.9 Å². The Morgan fingerprint density at radius 1 is 1.23 bits per heavy atom. The molecular weight excluding hydrogens is 280 g/mol. The molecule has 1 aromatic carbocycles. The number of aryl methyl sites for hydroxylation is 1. The highest BCUT2D eigenvalue weighted by Gasteiger charge is 2.23. The Morgan fingerprint density at radius 2 is 2.05 bits per heavy atom. The second-order valence-electron chi connectivity index (χ2n) is 5.35. The first-order valence-electron chi connectivity index (χ1n) is 7.13. The van der Waals surface area contributed by atoms with Crippen LogP contribution < -0.4 is 5.56 Å². The van der Waals surface area contributed by atoms with Gasteiger partial charge in [-0.1, -0.05) is 18.2 Å². The van der Waals surface area contributed by atoms with Crippen molar-refractivity contribution in [2.75, 3.05) is 7.11 Å². The number of rotatable bonds is 1. The zero-order valence-corrected chi connectivity index (χ0v) is 12.1. The van der Waals surface area contributed by atoms with Crippen LogP contribution in [0, 0.1) is 0 Å². The molecule has 0 saturated carbocycles. The van der Waals surface area contributed by atoms with Crippen LogP contribution in [-0.2, 0) is 17.7 Å². The Bertz CT molecular complexity index is 966. The smallest absolute Gasteiger partial charge is 0.343 e. The molecule has 110 valence electrons. The maximum absolute atomic E-state index is 12.5. The van der Waals surface area contributed by atoms with E-state index in [-0.39, 0.29) is 11.1 Å². The van der Waals surface area contributed by atoms with Crippen LogP contribution in [0.4, 0.5) is 0 Å². The number of aromatic amines is 1. The Balaban J connectivity index is 1.98. The largest absolute Gasteiger partial charge is 0.465 e. The van der Waals surface area contributed by atoms with Crippen LogP contribution in [0.1, 0.15) is 15.9 Å². The van der Waals surface area contributed by atoms with Gasteiger partial charge in [0.2, 0.25) is 0 Å². The van der Waals surface area contributed by atoms with Gasteiger partial charge >= 0.3 is 5.97 Å². The number of methoxy groups -OCH3 is 1. The third-order valence-electron chi connectivity index (χ3n) is 4.23. The van der Waals surface area contributed by atoms with Gasteiger partial charge in [0.05, 0.1) is 18.5 Å². The first kappa shape index (κ1) is 12.9. The lowest BCUT2D eigenvalue weighted by molar-refractivity contribution is 0.0598. The van der Waals surface area contributed by atoms with Gasteiger partial charge in [0.15, 0.2) is 0 Å². The van der Waals surface area contributed by atoms with E-state index in [4.69, 9.17) is 0 Å². The molecule has 0 saturated heterocycles. The number of H-pyrrole nitrogens is 1. The Morgan fingerprint density at radius 3 is 2.86 bits per heavy atom. The summed E-state index contributed by atoms with van der Waals surface area (Å²) >= 11 is 0. The zero-order valence-electron chi connectivity index (χ0n) is 12.1. The number of para-hydroxylation sites is 1. The van der Waals surface area contributed by atoms with Crippen molar-refractivity contribution in [3.05, 3.63) is 57.9 Å². The van der Waals surface area contributed by atoms with Crippen LogP contribution in [0.25, 0.3) is 22.3 Å². The standard InChI is InChI=1S/C17H14N2O3/c1-22-17(21)12-6-7-14-15-11(8-9-19(14)16(12)20)10-4-2-3-5-13(10)18-15/h2-7,18H,8-9H2,1H3. The summed E-state index contributed by atoms with van der Waals surface area (Å²) in [7, 11) is 1.28. The number of benzene rings is 1. The van der Waals surface area contributed by atoms with E-state index >= 15 is 0 Å². The maximum Gasteiger partial charge on any atom is 0.343 e. The number of carbonyl (C=O) groups is 1. The fourth-order valence-corrected chi connectivity index (χ4v) is 3.19. The van der Waals surface area contributed by atoms with Crippen molar-refractivity contribution in [1.82, 2.24) is 9.55 Å². The summed E-state index contributed by atoms with van der Waals surface area (Å²) in [5, 5.41) is 1.19. The average Bonchev–Trinajstić information content (AvgIpc) is 2.93. The molecule has 0 radical (unpaired) electrons. The molecule has 0 atom stereocenters. The molecule has 1 aliphatic heterocycles. The zero-order chi connectivity index (χ0) is 15.3. The molecule has 0 aliphatic carbocycles. The minimum atomic E-state index is -0.595. The molecule has 0 bridgehead atoms. The molecule has 5 nitrogen and oxygen atoms in total. The molecular formula is C17H14N2O3. The molecule has 0 spiro atoms. The number of esters is 1. The van der Waals surface area contributed by atoms with Crippen molar-refractivity contribution < 1.29 is 9.53 Å². The fourth-order valence-electron chi connectivity index (χ4n) is 3.19. The van der Waals surface area contributed by atoms with Gasteiger partial charge in [-0.25, -0.2) is 4.79 Å². The summed E-state index contributed by atoms with van der Waals surface area (Å²) in [5.74, 6) is -0.595. The number of nitrogens with one attached hydrogen (secondary N) is 1. The summed E-state index contributed by atoms with van der Waals surface area (Å²) in [4.78, 5) is 27.5. The number of aromatic nitrogens is 2. The highest BCUT2D eigenvalue weighted by atomic mass is 16.5. The van der Waals surface area contributed by atoms with Crippen molar-refractivity contribution in [1.29, 1.82) is 0 Å². The first-order valence-corrected chi connectivity index (χ1v) is 7.13. The Kier molecular flexibility index (Phi) is 2.69. The monoisotopic (exact) mass is 294 g/mol. The summed E-state index contributed by atoms with van der Waals surface area (Å²) in [5.41, 5.74) is 3.83. The van der Waals surface area contributed by atoms with Crippen molar-refractivity contribution in [3.63, 3.8) is 0 Å². The molecule has 3 heterocycles. The summed E-state index contributed by atoms with van der Waals surface area (Å²) in [6.45, 7) is 0.563. The van der Waals surface area contributed by atoms with Gasteiger partial charge in [-0.05, 0) is 30.2 Å². The van der Waals surface area contributed by atoms with E-state index in [2.05, 4.69) is 15.8 Å². The molecule has 3 aromatic rings. The lowest BCUT2D eigenvalue weighted by atomic mass is 10.0. The minimum Gasteiger partial charge on any atom is -0.465 e. The second kappa shape index (κ2) is 4.59. The molecule has 0 fully saturated rings. The van der Waals surface area contributed by atoms with Crippen LogP contribution in [0.15, 0.2) is 41.2 Å². The van der Waals surface area contributed by atoms with E-state index in [0.29, 0.717) is 6.54 Å². The molecule has 0 amide bonds. The highest BCUT2D eigenvalue weighted by Crippen LogP contribution is 2.33. The predicted molar refractivity (Wildman–Crippen MR) is 83.0 cm³/mol. The second-order valence-corrected chi connectivity index (χ2v) is 5.35. The van der Waals surface area contributed by atoms with E-state index in [0.717, 1.165) is 23.3 Å². The lowest BCUT2D eigenvalue weighted by Crippen LogP contribution is -2.30. The van der Waals surface area contributed by atoms with E-state index in [9.17, 15) is 9.59 Å². The Labute approximate surface area is 126 Å². The molecule has 1 aliphatic rings. The number of pyridine rings is 1. The minimum absolute atomic E-state index is 0.0748. The molecule has 4 rings (SSSR count). The van der Waals surface area contributed by atoms with Crippen LogP contribution in [0.5, 0.6) is 0 Å². The molecule has 2 aromatic heterocycles. The molecule has 1 N–H and O–H groups in total. The lowest BCUT2D eigenvalue weighted by Gasteiger charge is -2.19. The van der Waals surface area contributed by atoms with Crippen molar-refractivity contribution in [2.24, 2.45) is 0 Å². The van der Waals surface area contributed by atoms with Gasteiger partial charge in [-0.15, -0.1) is 0 Å². The number of carbonyl (C=O) groups excluding carboxylic acids is 1.